The first-order valence-corrected chi connectivity index (χ1v) is 9.28. The second-order valence-corrected chi connectivity index (χ2v) is 6.75. The predicted molar refractivity (Wildman–Crippen MR) is 110 cm³/mol. The smallest absolute Gasteiger partial charge is 0.262 e. The summed E-state index contributed by atoms with van der Waals surface area (Å²) in [6, 6.07) is 14.2. The number of amides is 1. The van der Waals surface area contributed by atoms with Crippen LogP contribution in [0.2, 0.25) is 0 Å². The molecule has 6 heteroatoms. The van der Waals surface area contributed by atoms with Gasteiger partial charge in [-0.3, -0.25) is 9.59 Å². The molecule has 3 rings (SSSR count). The molecule has 3 aromatic rings. The van der Waals surface area contributed by atoms with Crippen molar-refractivity contribution in [1.29, 1.82) is 0 Å². The van der Waals surface area contributed by atoms with Gasteiger partial charge in [0, 0.05) is 17.1 Å². The van der Waals surface area contributed by atoms with E-state index < -0.39 is 0 Å². The molecule has 1 amide bonds. The molecule has 1 aromatic heterocycles. The van der Waals surface area contributed by atoms with E-state index in [1.54, 1.807) is 36.4 Å². The molecule has 0 aliphatic carbocycles. The van der Waals surface area contributed by atoms with E-state index in [-0.39, 0.29) is 24.0 Å². The lowest BCUT2D eigenvalue weighted by atomic mass is 9.99. The van der Waals surface area contributed by atoms with Gasteiger partial charge in [0.1, 0.15) is 11.5 Å². The van der Waals surface area contributed by atoms with Crippen molar-refractivity contribution in [3.63, 3.8) is 0 Å². The van der Waals surface area contributed by atoms with Gasteiger partial charge in [0.25, 0.3) is 5.91 Å². The average molecular weight is 380 g/mol. The summed E-state index contributed by atoms with van der Waals surface area (Å²) in [6.07, 6.45) is 0. The highest BCUT2D eigenvalue weighted by Gasteiger charge is 2.09. The standard InChI is InChI=1S/C22H24N2O4/c1-4-27-16-6-8-17(9-7-16)28-13-22(26)23-15-5-10-18-19(14(2)3)12-21(25)24-20(18)11-15/h5-12,14H,4,13H2,1-3H3,(H,23,26)(H,24,25). The molecular weight excluding hydrogens is 356 g/mol. The summed E-state index contributed by atoms with van der Waals surface area (Å²) in [7, 11) is 0. The zero-order valence-electron chi connectivity index (χ0n) is 16.2. The molecule has 0 aliphatic rings. The first-order valence-electron chi connectivity index (χ1n) is 9.28. The summed E-state index contributed by atoms with van der Waals surface area (Å²) in [5.74, 6) is 1.29. The predicted octanol–water partition coefficient (Wildman–Crippen LogP) is 4.07. The van der Waals surface area contributed by atoms with Gasteiger partial charge in [0.05, 0.1) is 12.1 Å². The Hall–Kier alpha value is -3.28. The molecule has 0 spiro atoms. The largest absolute Gasteiger partial charge is 0.494 e. The Kier molecular flexibility index (Phi) is 5.99. The van der Waals surface area contributed by atoms with E-state index >= 15 is 0 Å². The summed E-state index contributed by atoms with van der Waals surface area (Å²) in [5, 5.41) is 3.76. The number of pyridine rings is 1. The van der Waals surface area contributed by atoms with E-state index in [2.05, 4.69) is 10.3 Å². The Morgan fingerprint density at radius 1 is 1.04 bits per heavy atom. The molecule has 0 atom stereocenters. The van der Waals surface area contributed by atoms with Crippen LogP contribution in [0.25, 0.3) is 10.9 Å². The van der Waals surface area contributed by atoms with Crippen LogP contribution in [-0.2, 0) is 4.79 Å². The highest BCUT2D eigenvalue weighted by atomic mass is 16.5. The van der Waals surface area contributed by atoms with Gasteiger partial charge < -0.3 is 19.8 Å². The van der Waals surface area contributed by atoms with Crippen LogP contribution in [0.15, 0.2) is 53.3 Å². The number of carbonyl (C=O) groups excluding carboxylic acids is 1. The lowest BCUT2D eigenvalue weighted by Gasteiger charge is -2.12. The zero-order chi connectivity index (χ0) is 20.1. The third kappa shape index (κ3) is 4.71. The average Bonchev–Trinajstić information content (AvgIpc) is 2.66. The summed E-state index contributed by atoms with van der Waals surface area (Å²) >= 11 is 0. The van der Waals surface area contributed by atoms with Crippen LogP contribution in [-0.4, -0.2) is 24.1 Å². The molecule has 0 saturated carbocycles. The number of ether oxygens (including phenoxy) is 2. The number of aromatic nitrogens is 1. The van der Waals surface area contributed by atoms with Crippen LogP contribution >= 0.6 is 0 Å². The van der Waals surface area contributed by atoms with Crippen molar-refractivity contribution in [2.75, 3.05) is 18.5 Å². The van der Waals surface area contributed by atoms with Crippen molar-refractivity contribution in [1.82, 2.24) is 4.98 Å². The number of hydrogen-bond acceptors (Lipinski definition) is 4. The van der Waals surface area contributed by atoms with E-state index in [0.29, 0.717) is 23.6 Å². The van der Waals surface area contributed by atoms with Crippen molar-refractivity contribution in [3.8, 4) is 11.5 Å². The third-order valence-corrected chi connectivity index (χ3v) is 4.29. The number of nitrogens with one attached hydrogen (secondary N) is 2. The van der Waals surface area contributed by atoms with Crippen LogP contribution in [0.5, 0.6) is 11.5 Å². The van der Waals surface area contributed by atoms with Crippen molar-refractivity contribution in [3.05, 3.63) is 64.4 Å². The molecular formula is C22H24N2O4. The normalized spacial score (nSPS) is 10.9. The van der Waals surface area contributed by atoms with Crippen molar-refractivity contribution < 1.29 is 14.3 Å². The fourth-order valence-corrected chi connectivity index (χ4v) is 2.99. The van der Waals surface area contributed by atoms with E-state index in [9.17, 15) is 9.59 Å². The maximum absolute atomic E-state index is 12.2. The first kappa shape index (κ1) is 19.5. The molecule has 146 valence electrons. The Morgan fingerprint density at radius 3 is 2.36 bits per heavy atom. The number of H-pyrrole nitrogens is 1. The van der Waals surface area contributed by atoms with Gasteiger partial charge in [-0.25, -0.2) is 0 Å². The van der Waals surface area contributed by atoms with Gasteiger partial charge in [-0.15, -0.1) is 0 Å². The van der Waals surface area contributed by atoms with E-state index in [1.807, 2.05) is 32.9 Å². The minimum absolute atomic E-state index is 0.116. The minimum atomic E-state index is -0.282. The fraction of sp³-hybridized carbons (Fsp3) is 0.273. The molecule has 0 fully saturated rings. The Balaban J connectivity index is 1.66. The number of anilines is 1. The SMILES string of the molecule is CCOc1ccc(OCC(=O)Nc2ccc3c(C(C)C)cc(=O)[nH]c3c2)cc1. The van der Waals surface area contributed by atoms with Gasteiger partial charge in [-0.2, -0.15) is 0 Å². The van der Waals surface area contributed by atoms with Crippen molar-refractivity contribution in [2.45, 2.75) is 26.7 Å². The van der Waals surface area contributed by atoms with Gasteiger partial charge >= 0.3 is 0 Å². The Bertz CT molecular complexity index is 1020. The summed E-state index contributed by atoms with van der Waals surface area (Å²) in [5.41, 5.74) is 2.12. The molecule has 0 unspecified atom stereocenters. The number of carbonyl (C=O) groups is 1. The monoisotopic (exact) mass is 380 g/mol. The van der Waals surface area contributed by atoms with Crippen LogP contribution in [0.3, 0.4) is 0 Å². The van der Waals surface area contributed by atoms with E-state index in [1.165, 1.54) is 0 Å². The van der Waals surface area contributed by atoms with Crippen molar-refractivity contribution in [2.24, 2.45) is 0 Å². The van der Waals surface area contributed by atoms with Crippen LogP contribution in [0, 0.1) is 0 Å². The molecule has 1 heterocycles. The molecule has 28 heavy (non-hydrogen) atoms. The number of aromatic amines is 1. The fourth-order valence-electron chi connectivity index (χ4n) is 2.99. The van der Waals surface area contributed by atoms with E-state index in [0.717, 1.165) is 16.7 Å². The molecule has 0 radical (unpaired) electrons. The van der Waals surface area contributed by atoms with Crippen LogP contribution in [0.1, 0.15) is 32.3 Å². The lowest BCUT2D eigenvalue weighted by Crippen LogP contribution is -2.20. The quantitative estimate of drug-likeness (QED) is 0.647. The first-order chi connectivity index (χ1) is 13.5. The maximum Gasteiger partial charge on any atom is 0.262 e. The number of fused-ring (bicyclic) bond motifs is 1. The molecule has 0 saturated heterocycles. The molecule has 6 nitrogen and oxygen atoms in total. The summed E-state index contributed by atoms with van der Waals surface area (Å²) in [4.78, 5) is 26.9. The second-order valence-electron chi connectivity index (χ2n) is 6.75. The second kappa shape index (κ2) is 8.61. The molecule has 0 aliphatic heterocycles. The van der Waals surface area contributed by atoms with Gasteiger partial charge in [0.2, 0.25) is 5.56 Å². The zero-order valence-corrected chi connectivity index (χ0v) is 16.2. The Morgan fingerprint density at radius 2 is 1.71 bits per heavy atom. The highest BCUT2D eigenvalue weighted by molar-refractivity contribution is 5.95. The third-order valence-electron chi connectivity index (χ3n) is 4.29. The van der Waals surface area contributed by atoms with Crippen molar-refractivity contribution >= 4 is 22.5 Å². The van der Waals surface area contributed by atoms with Gasteiger partial charge in [0.15, 0.2) is 6.61 Å². The van der Waals surface area contributed by atoms with Gasteiger partial charge in [-0.1, -0.05) is 19.9 Å². The minimum Gasteiger partial charge on any atom is -0.494 e. The molecule has 2 N–H and O–H groups in total. The maximum atomic E-state index is 12.2. The highest BCUT2D eigenvalue weighted by Crippen LogP contribution is 2.25. The van der Waals surface area contributed by atoms with Crippen LogP contribution < -0.4 is 20.3 Å². The molecule has 0 bridgehead atoms. The number of hydrogen-bond donors (Lipinski definition) is 2. The molecule has 2 aromatic carbocycles. The summed E-state index contributed by atoms with van der Waals surface area (Å²) < 4.78 is 10.9. The van der Waals surface area contributed by atoms with E-state index in [4.69, 9.17) is 9.47 Å². The number of rotatable bonds is 7. The number of benzene rings is 2. The summed E-state index contributed by atoms with van der Waals surface area (Å²) in [6.45, 7) is 6.48. The lowest BCUT2D eigenvalue weighted by molar-refractivity contribution is -0.118. The topological polar surface area (TPSA) is 80.4 Å². The Labute approximate surface area is 163 Å². The van der Waals surface area contributed by atoms with Gasteiger partial charge in [-0.05, 0) is 54.8 Å². The van der Waals surface area contributed by atoms with Crippen LogP contribution in [0.4, 0.5) is 5.69 Å².